The first kappa shape index (κ1) is 15.4. The summed E-state index contributed by atoms with van der Waals surface area (Å²) in [5.74, 6) is 0.688. The summed E-state index contributed by atoms with van der Waals surface area (Å²) in [5, 5.41) is 9.61. The van der Waals surface area contributed by atoms with Crippen molar-refractivity contribution in [3.63, 3.8) is 0 Å². The molecule has 126 valence electrons. The highest BCUT2D eigenvalue weighted by molar-refractivity contribution is 5.95. The van der Waals surface area contributed by atoms with Gasteiger partial charge in [0.25, 0.3) is 0 Å². The number of para-hydroxylation sites is 3. The number of amides is 1. The summed E-state index contributed by atoms with van der Waals surface area (Å²) in [6.45, 7) is 0.921. The van der Waals surface area contributed by atoms with Gasteiger partial charge in [0.05, 0.1) is 11.4 Å². The Morgan fingerprint density at radius 1 is 1.12 bits per heavy atom. The Morgan fingerprint density at radius 3 is 2.76 bits per heavy atom. The first-order valence-electron chi connectivity index (χ1n) is 8.40. The number of aromatic amines is 1. The standard InChI is InChI=1S/C19H19N5O/c25-19(10-9-18-20-13-21-23-18)22-15-6-2-4-8-17(15)24-12-11-14-5-1-3-7-16(14)24/h1-8,13H,9-12H2,(H,22,25)(H,20,21,23). The minimum absolute atomic E-state index is 0.0312. The highest BCUT2D eigenvalue weighted by atomic mass is 16.1. The Morgan fingerprint density at radius 2 is 1.92 bits per heavy atom. The molecule has 2 heterocycles. The Kier molecular flexibility index (Phi) is 4.16. The number of aromatic nitrogens is 3. The molecule has 1 aromatic heterocycles. The van der Waals surface area contributed by atoms with Gasteiger partial charge in [0.2, 0.25) is 5.91 Å². The Hall–Kier alpha value is -3.15. The molecule has 0 bridgehead atoms. The van der Waals surface area contributed by atoms with Gasteiger partial charge >= 0.3 is 0 Å². The van der Waals surface area contributed by atoms with Crippen LogP contribution >= 0.6 is 0 Å². The molecule has 3 aromatic rings. The number of hydrogen-bond donors (Lipinski definition) is 2. The molecular weight excluding hydrogens is 314 g/mol. The van der Waals surface area contributed by atoms with Gasteiger partial charge in [-0.3, -0.25) is 9.89 Å². The molecule has 1 aliphatic rings. The molecule has 0 atom stereocenters. The van der Waals surface area contributed by atoms with E-state index in [-0.39, 0.29) is 5.91 Å². The van der Waals surface area contributed by atoms with Gasteiger partial charge in [0, 0.05) is 25.1 Å². The van der Waals surface area contributed by atoms with E-state index in [9.17, 15) is 4.79 Å². The van der Waals surface area contributed by atoms with Crippen molar-refractivity contribution in [2.45, 2.75) is 19.3 Å². The molecule has 2 N–H and O–H groups in total. The molecular formula is C19H19N5O. The zero-order valence-corrected chi connectivity index (χ0v) is 13.8. The van der Waals surface area contributed by atoms with E-state index in [1.807, 2.05) is 24.3 Å². The van der Waals surface area contributed by atoms with Crippen LogP contribution in [0.3, 0.4) is 0 Å². The molecule has 1 aliphatic heterocycles. The van der Waals surface area contributed by atoms with Gasteiger partial charge < -0.3 is 10.2 Å². The van der Waals surface area contributed by atoms with E-state index in [0.717, 1.165) is 30.2 Å². The first-order chi connectivity index (χ1) is 12.3. The van der Waals surface area contributed by atoms with Crippen molar-refractivity contribution in [2.75, 3.05) is 16.8 Å². The molecule has 0 saturated carbocycles. The third kappa shape index (κ3) is 3.24. The highest BCUT2D eigenvalue weighted by Crippen LogP contribution is 2.38. The SMILES string of the molecule is O=C(CCc1ncn[nH]1)Nc1ccccc1N1CCc2ccccc21. The molecule has 0 spiro atoms. The van der Waals surface area contributed by atoms with E-state index in [4.69, 9.17) is 0 Å². The van der Waals surface area contributed by atoms with E-state index >= 15 is 0 Å². The fraction of sp³-hybridized carbons (Fsp3) is 0.211. The Balaban J connectivity index is 1.51. The normalized spacial score (nSPS) is 12.9. The van der Waals surface area contributed by atoms with Crippen LogP contribution in [0, 0.1) is 0 Å². The van der Waals surface area contributed by atoms with Gasteiger partial charge in [-0.25, -0.2) is 4.98 Å². The maximum atomic E-state index is 12.3. The number of rotatable bonds is 5. The second-order valence-electron chi connectivity index (χ2n) is 6.03. The van der Waals surface area contributed by atoms with E-state index in [1.165, 1.54) is 17.6 Å². The summed E-state index contributed by atoms with van der Waals surface area (Å²) in [4.78, 5) is 18.6. The van der Waals surface area contributed by atoms with Crippen molar-refractivity contribution in [1.29, 1.82) is 0 Å². The fourth-order valence-corrected chi connectivity index (χ4v) is 3.20. The molecule has 1 amide bonds. The number of aryl methyl sites for hydroxylation is 1. The van der Waals surface area contributed by atoms with Gasteiger partial charge in [0.1, 0.15) is 12.2 Å². The second-order valence-corrected chi connectivity index (χ2v) is 6.03. The molecule has 0 fully saturated rings. The van der Waals surface area contributed by atoms with Crippen molar-refractivity contribution in [3.8, 4) is 0 Å². The number of nitrogens with zero attached hydrogens (tertiary/aromatic N) is 3. The lowest BCUT2D eigenvalue weighted by molar-refractivity contribution is -0.116. The molecule has 2 aromatic carbocycles. The number of benzene rings is 2. The van der Waals surface area contributed by atoms with Crippen molar-refractivity contribution in [1.82, 2.24) is 15.2 Å². The van der Waals surface area contributed by atoms with Gasteiger partial charge in [-0.05, 0) is 30.2 Å². The van der Waals surface area contributed by atoms with Crippen LogP contribution in [-0.4, -0.2) is 27.6 Å². The van der Waals surface area contributed by atoms with Crippen LogP contribution in [0.2, 0.25) is 0 Å². The number of hydrogen-bond acceptors (Lipinski definition) is 4. The van der Waals surface area contributed by atoms with Crippen molar-refractivity contribution in [3.05, 3.63) is 66.2 Å². The summed E-state index contributed by atoms with van der Waals surface area (Å²) in [6, 6.07) is 16.3. The molecule has 6 heteroatoms. The van der Waals surface area contributed by atoms with Gasteiger partial charge in [-0.1, -0.05) is 30.3 Å². The summed E-state index contributed by atoms with van der Waals surface area (Å²) in [6.07, 6.45) is 3.37. The number of carbonyl (C=O) groups excluding carboxylic acids is 1. The van der Waals surface area contributed by atoms with Crippen LogP contribution in [0.5, 0.6) is 0 Å². The second kappa shape index (κ2) is 6.76. The summed E-state index contributed by atoms with van der Waals surface area (Å²) in [7, 11) is 0. The van der Waals surface area contributed by atoms with Crippen LogP contribution in [0.25, 0.3) is 0 Å². The topological polar surface area (TPSA) is 73.9 Å². The van der Waals surface area contributed by atoms with E-state index in [0.29, 0.717) is 12.8 Å². The molecule has 6 nitrogen and oxygen atoms in total. The number of anilines is 3. The minimum atomic E-state index is -0.0312. The number of carbonyl (C=O) groups is 1. The van der Waals surface area contributed by atoms with E-state index in [2.05, 4.69) is 49.7 Å². The molecule has 4 rings (SSSR count). The van der Waals surface area contributed by atoms with Gasteiger partial charge in [0.15, 0.2) is 0 Å². The van der Waals surface area contributed by atoms with E-state index in [1.54, 1.807) is 0 Å². The first-order valence-corrected chi connectivity index (χ1v) is 8.40. The van der Waals surface area contributed by atoms with Crippen LogP contribution < -0.4 is 10.2 Å². The average Bonchev–Trinajstić information content (AvgIpc) is 3.30. The maximum absolute atomic E-state index is 12.3. The van der Waals surface area contributed by atoms with Crippen LogP contribution in [0.4, 0.5) is 17.1 Å². The average molecular weight is 333 g/mol. The van der Waals surface area contributed by atoms with Gasteiger partial charge in [-0.15, -0.1) is 0 Å². The van der Waals surface area contributed by atoms with Gasteiger partial charge in [-0.2, -0.15) is 5.10 Å². The Labute approximate surface area is 145 Å². The lowest BCUT2D eigenvalue weighted by atomic mass is 10.1. The molecule has 0 saturated heterocycles. The maximum Gasteiger partial charge on any atom is 0.224 e. The van der Waals surface area contributed by atoms with Crippen LogP contribution in [0.1, 0.15) is 17.8 Å². The molecule has 0 unspecified atom stereocenters. The largest absolute Gasteiger partial charge is 0.339 e. The number of fused-ring (bicyclic) bond motifs is 1. The lowest BCUT2D eigenvalue weighted by Crippen LogP contribution is -2.18. The predicted octanol–water partition coefficient (Wildman–Crippen LogP) is 3.07. The molecule has 25 heavy (non-hydrogen) atoms. The summed E-state index contributed by atoms with van der Waals surface area (Å²) >= 11 is 0. The summed E-state index contributed by atoms with van der Waals surface area (Å²) in [5.41, 5.74) is 4.42. The molecule has 0 aliphatic carbocycles. The van der Waals surface area contributed by atoms with Crippen molar-refractivity contribution < 1.29 is 4.79 Å². The third-order valence-electron chi connectivity index (χ3n) is 4.41. The molecule has 0 radical (unpaired) electrons. The lowest BCUT2D eigenvalue weighted by Gasteiger charge is -2.23. The van der Waals surface area contributed by atoms with Crippen LogP contribution in [-0.2, 0) is 17.6 Å². The number of H-pyrrole nitrogens is 1. The predicted molar refractivity (Wildman–Crippen MR) is 96.9 cm³/mol. The zero-order valence-electron chi connectivity index (χ0n) is 13.8. The third-order valence-corrected chi connectivity index (χ3v) is 4.41. The number of nitrogens with one attached hydrogen (secondary N) is 2. The zero-order chi connectivity index (χ0) is 17.1. The fourth-order valence-electron chi connectivity index (χ4n) is 3.20. The minimum Gasteiger partial charge on any atom is -0.339 e. The highest BCUT2D eigenvalue weighted by Gasteiger charge is 2.22. The van der Waals surface area contributed by atoms with Crippen molar-refractivity contribution in [2.24, 2.45) is 0 Å². The monoisotopic (exact) mass is 333 g/mol. The Bertz CT molecular complexity index is 875. The quantitative estimate of drug-likeness (QED) is 0.752. The van der Waals surface area contributed by atoms with Crippen molar-refractivity contribution >= 4 is 23.0 Å². The summed E-state index contributed by atoms with van der Waals surface area (Å²) < 4.78 is 0. The van der Waals surface area contributed by atoms with Crippen LogP contribution in [0.15, 0.2) is 54.9 Å². The smallest absolute Gasteiger partial charge is 0.224 e. The van der Waals surface area contributed by atoms with E-state index < -0.39 is 0 Å².